The first-order valence-corrected chi connectivity index (χ1v) is 6.02. The molecule has 0 saturated carbocycles. The third-order valence-corrected chi connectivity index (χ3v) is 2.72. The Kier molecular flexibility index (Phi) is 5.50. The highest BCUT2D eigenvalue weighted by Crippen LogP contribution is 2.10. The molecule has 0 aromatic heterocycles. The van der Waals surface area contributed by atoms with Crippen LogP contribution in [0, 0.1) is 0 Å². The van der Waals surface area contributed by atoms with Crippen molar-refractivity contribution in [3.8, 4) is 0 Å². The molecule has 2 atom stereocenters. The van der Waals surface area contributed by atoms with Gasteiger partial charge in [0.2, 0.25) is 0 Å². The van der Waals surface area contributed by atoms with Crippen LogP contribution in [-0.2, 0) is 12.8 Å². The summed E-state index contributed by atoms with van der Waals surface area (Å²) in [6, 6.07) is 8.44. The van der Waals surface area contributed by atoms with E-state index in [0.717, 1.165) is 25.7 Å². The molecule has 1 rings (SSSR count). The summed E-state index contributed by atoms with van der Waals surface area (Å²) in [7, 11) is 0. The Bertz CT molecular complexity index is 257. The van der Waals surface area contributed by atoms with Gasteiger partial charge >= 0.3 is 0 Å². The zero-order valence-corrected chi connectivity index (χ0v) is 10.2. The van der Waals surface area contributed by atoms with Crippen LogP contribution in [0.1, 0.15) is 37.8 Å². The lowest BCUT2D eigenvalue weighted by Crippen LogP contribution is -2.02. The second kappa shape index (κ2) is 6.66. The predicted octanol–water partition coefficient (Wildman–Crippen LogP) is 2.31. The number of benzene rings is 1. The lowest BCUT2D eigenvalue weighted by Gasteiger charge is -2.07. The van der Waals surface area contributed by atoms with Crippen molar-refractivity contribution in [1.82, 2.24) is 0 Å². The van der Waals surface area contributed by atoms with Crippen molar-refractivity contribution >= 4 is 0 Å². The monoisotopic (exact) mass is 222 g/mol. The average Bonchev–Trinajstić information content (AvgIpc) is 2.25. The van der Waals surface area contributed by atoms with Gasteiger partial charge in [0.15, 0.2) is 0 Å². The fourth-order valence-corrected chi connectivity index (χ4v) is 1.62. The lowest BCUT2D eigenvalue weighted by molar-refractivity contribution is 0.184. The number of rotatable bonds is 6. The number of aliphatic hydroxyl groups excluding tert-OH is 2. The topological polar surface area (TPSA) is 40.5 Å². The molecule has 0 aliphatic heterocycles. The molecule has 1 aromatic carbocycles. The molecular formula is C14H22O2. The molecule has 2 nitrogen and oxygen atoms in total. The quantitative estimate of drug-likeness (QED) is 0.775. The van der Waals surface area contributed by atoms with Gasteiger partial charge in [-0.05, 0) is 50.7 Å². The van der Waals surface area contributed by atoms with Crippen molar-refractivity contribution in [3.05, 3.63) is 35.4 Å². The van der Waals surface area contributed by atoms with Crippen LogP contribution in [0.3, 0.4) is 0 Å². The third kappa shape index (κ3) is 5.29. The SMILES string of the molecule is C[C@H](O)CCc1ccc(CC[C@H](C)O)cc1. The second-order valence-electron chi connectivity index (χ2n) is 4.59. The molecule has 0 spiro atoms. The average molecular weight is 222 g/mol. The Hall–Kier alpha value is -0.860. The summed E-state index contributed by atoms with van der Waals surface area (Å²) >= 11 is 0. The van der Waals surface area contributed by atoms with E-state index in [-0.39, 0.29) is 12.2 Å². The van der Waals surface area contributed by atoms with Crippen molar-refractivity contribution in [3.63, 3.8) is 0 Å². The van der Waals surface area contributed by atoms with E-state index < -0.39 is 0 Å². The summed E-state index contributed by atoms with van der Waals surface area (Å²) in [6.45, 7) is 3.63. The zero-order chi connectivity index (χ0) is 12.0. The maximum Gasteiger partial charge on any atom is 0.0515 e. The summed E-state index contributed by atoms with van der Waals surface area (Å²) in [6.07, 6.45) is 3.02. The van der Waals surface area contributed by atoms with Crippen molar-refractivity contribution in [2.75, 3.05) is 0 Å². The van der Waals surface area contributed by atoms with Crippen LogP contribution in [0.4, 0.5) is 0 Å². The Balaban J connectivity index is 2.41. The van der Waals surface area contributed by atoms with Crippen LogP contribution < -0.4 is 0 Å². The van der Waals surface area contributed by atoms with Gasteiger partial charge in [-0.1, -0.05) is 24.3 Å². The predicted molar refractivity (Wildman–Crippen MR) is 66.4 cm³/mol. The van der Waals surface area contributed by atoms with Gasteiger partial charge in [0, 0.05) is 0 Å². The molecule has 0 bridgehead atoms. The summed E-state index contributed by atoms with van der Waals surface area (Å²) in [4.78, 5) is 0. The van der Waals surface area contributed by atoms with Crippen molar-refractivity contribution in [2.24, 2.45) is 0 Å². The van der Waals surface area contributed by atoms with E-state index in [1.807, 2.05) is 13.8 Å². The van der Waals surface area contributed by atoms with Crippen LogP contribution in [0.25, 0.3) is 0 Å². The van der Waals surface area contributed by atoms with Crippen molar-refractivity contribution < 1.29 is 10.2 Å². The van der Waals surface area contributed by atoms with E-state index in [9.17, 15) is 10.2 Å². The minimum atomic E-state index is -0.227. The first-order chi connectivity index (χ1) is 7.58. The molecular weight excluding hydrogens is 200 g/mol. The van der Waals surface area contributed by atoms with Crippen molar-refractivity contribution in [1.29, 1.82) is 0 Å². The molecule has 0 fully saturated rings. The number of aliphatic hydroxyl groups is 2. The van der Waals surface area contributed by atoms with Gasteiger partial charge in [-0.25, -0.2) is 0 Å². The van der Waals surface area contributed by atoms with Crippen LogP contribution in [0.2, 0.25) is 0 Å². The van der Waals surface area contributed by atoms with Crippen LogP contribution in [0.5, 0.6) is 0 Å². The highest BCUT2D eigenvalue weighted by molar-refractivity contribution is 5.22. The number of aryl methyl sites for hydroxylation is 2. The summed E-state index contributed by atoms with van der Waals surface area (Å²) in [5.74, 6) is 0. The van der Waals surface area contributed by atoms with Crippen molar-refractivity contribution in [2.45, 2.75) is 51.7 Å². The molecule has 16 heavy (non-hydrogen) atoms. The first kappa shape index (κ1) is 13.2. The first-order valence-electron chi connectivity index (χ1n) is 6.02. The van der Waals surface area contributed by atoms with E-state index in [1.165, 1.54) is 11.1 Å². The van der Waals surface area contributed by atoms with Crippen LogP contribution in [-0.4, -0.2) is 22.4 Å². The standard InChI is InChI=1S/C14H22O2/c1-11(15)3-5-13-7-9-14(10-8-13)6-4-12(2)16/h7-12,15-16H,3-6H2,1-2H3/t11-,12-/m0/s1. The highest BCUT2D eigenvalue weighted by atomic mass is 16.3. The minimum Gasteiger partial charge on any atom is -0.393 e. The summed E-state index contributed by atoms with van der Waals surface area (Å²) in [5, 5.41) is 18.4. The smallest absolute Gasteiger partial charge is 0.0515 e. The molecule has 0 amide bonds. The summed E-state index contributed by atoms with van der Waals surface area (Å²) in [5.41, 5.74) is 2.53. The maximum atomic E-state index is 9.19. The molecule has 0 unspecified atom stereocenters. The molecule has 90 valence electrons. The van der Waals surface area contributed by atoms with Gasteiger partial charge in [0.05, 0.1) is 12.2 Å². The molecule has 0 heterocycles. The molecule has 0 aliphatic rings. The molecule has 0 radical (unpaired) electrons. The van der Waals surface area contributed by atoms with E-state index in [2.05, 4.69) is 24.3 Å². The molecule has 0 saturated heterocycles. The fourth-order valence-electron chi connectivity index (χ4n) is 1.62. The normalized spacial score (nSPS) is 14.8. The minimum absolute atomic E-state index is 0.227. The van der Waals surface area contributed by atoms with Gasteiger partial charge in [-0.3, -0.25) is 0 Å². The molecule has 0 aliphatic carbocycles. The largest absolute Gasteiger partial charge is 0.393 e. The molecule has 2 heteroatoms. The van der Waals surface area contributed by atoms with Gasteiger partial charge in [0.25, 0.3) is 0 Å². The Morgan fingerprint density at radius 2 is 1.12 bits per heavy atom. The number of hydrogen-bond acceptors (Lipinski definition) is 2. The van der Waals surface area contributed by atoms with E-state index in [1.54, 1.807) is 0 Å². The Labute approximate surface area is 97.9 Å². The van der Waals surface area contributed by atoms with Gasteiger partial charge in [-0.2, -0.15) is 0 Å². The van der Waals surface area contributed by atoms with Gasteiger partial charge in [0.1, 0.15) is 0 Å². The van der Waals surface area contributed by atoms with Crippen LogP contribution >= 0.6 is 0 Å². The van der Waals surface area contributed by atoms with E-state index in [0.29, 0.717) is 0 Å². The lowest BCUT2D eigenvalue weighted by atomic mass is 10.0. The second-order valence-corrected chi connectivity index (χ2v) is 4.59. The third-order valence-electron chi connectivity index (χ3n) is 2.72. The zero-order valence-electron chi connectivity index (χ0n) is 10.2. The van der Waals surface area contributed by atoms with E-state index in [4.69, 9.17) is 0 Å². The maximum absolute atomic E-state index is 9.19. The van der Waals surface area contributed by atoms with E-state index >= 15 is 0 Å². The van der Waals surface area contributed by atoms with Gasteiger partial charge < -0.3 is 10.2 Å². The number of hydrogen-bond donors (Lipinski definition) is 2. The molecule has 2 N–H and O–H groups in total. The van der Waals surface area contributed by atoms with Gasteiger partial charge in [-0.15, -0.1) is 0 Å². The summed E-state index contributed by atoms with van der Waals surface area (Å²) < 4.78 is 0. The Morgan fingerprint density at radius 1 is 0.812 bits per heavy atom. The Morgan fingerprint density at radius 3 is 1.38 bits per heavy atom. The molecule has 1 aromatic rings. The van der Waals surface area contributed by atoms with Crippen LogP contribution in [0.15, 0.2) is 24.3 Å². The highest BCUT2D eigenvalue weighted by Gasteiger charge is 2.00. The fraction of sp³-hybridized carbons (Fsp3) is 0.571.